The Hall–Kier alpha value is 0.981. The van der Waals surface area contributed by atoms with Gasteiger partial charge in [-0.1, -0.05) is 0 Å². The zero-order valence-electron chi connectivity index (χ0n) is 7.40. The quantitative estimate of drug-likeness (QED) is 0.503. The van der Waals surface area contributed by atoms with E-state index in [2.05, 4.69) is 4.98 Å². The molecule has 0 atom stereocenters. The molecule has 1 rings (SSSR count). The predicted molar refractivity (Wildman–Crippen MR) is 40.4 cm³/mol. The summed E-state index contributed by atoms with van der Waals surface area (Å²) in [6, 6.07) is 0. The van der Waals surface area contributed by atoms with Crippen LogP contribution in [0.3, 0.4) is 0 Å². The second-order valence-corrected chi connectivity index (χ2v) is 3.59. The summed E-state index contributed by atoms with van der Waals surface area (Å²) in [5, 5.41) is -0.804. The van der Waals surface area contributed by atoms with Gasteiger partial charge >= 0.3 is 58.4 Å². The molecule has 0 N–H and O–H groups in total. The van der Waals surface area contributed by atoms with Crippen LogP contribution < -0.4 is 56.2 Å². The van der Waals surface area contributed by atoms with Crippen molar-refractivity contribution >= 4 is 23.1 Å². The number of halogens is 5. The van der Waals surface area contributed by atoms with Gasteiger partial charge in [-0.2, -0.15) is 20.1 Å². The van der Waals surface area contributed by atoms with Crippen molar-refractivity contribution in [2.24, 2.45) is 0 Å². The molecule has 0 bridgehead atoms. The van der Waals surface area contributed by atoms with E-state index in [1.165, 1.54) is 0 Å². The molecular formula is C5H4BF5KNS. The predicted octanol–water partition coefficient (Wildman–Crippen LogP) is -0.687. The molecule has 0 spiro atoms. The Bertz CT molecular complexity index is 277. The molecule has 74 valence electrons. The minimum atomic E-state index is -5.21. The van der Waals surface area contributed by atoms with E-state index < -0.39 is 22.7 Å². The standard InChI is InChI=1S/C5H4BF5NS.K/c1-5(7,8)4-12-2-3(13-4)6(9,10)11;/h2H,1H3;/q-1;+1. The minimum absolute atomic E-state index is 0. The number of aromatic nitrogens is 1. The molecule has 0 unspecified atom stereocenters. The first-order valence-corrected chi connectivity index (χ1v) is 4.07. The smallest absolute Gasteiger partial charge is 0.444 e. The summed E-state index contributed by atoms with van der Waals surface area (Å²) in [6.45, 7) is -4.70. The monoisotopic (exact) mass is 255 g/mol. The van der Waals surface area contributed by atoms with Gasteiger partial charge in [-0.05, 0) is 4.78 Å². The zero-order chi connectivity index (χ0) is 10.3. The number of nitrogens with zero attached hydrogens (tertiary/aromatic N) is 1. The fraction of sp³-hybridized carbons (Fsp3) is 0.400. The van der Waals surface area contributed by atoms with Gasteiger partial charge in [0.05, 0.1) is 0 Å². The second kappa shape index (κ2) is 4.88. The topological polar surface area (TPSA) is 12.9 Å². The van der Waals surface area contributed by atoms with Crippen molar-refractivity contribution in [3.05, 3.63) is 11.2 Å². The first kappa shape index (κ1) is 15.0. The van der Waals surface area contributed by atoms with Crippen molar-refractivity contribution in [2.75, 3.05) is 0 Å². The number of hydrogen-bond donors (Lipinski definition) is 0. The van der Waals surface area contributed by atoms with Crippen LogP contribution in [0.5, 0.6) is 0 Å². The van der Waals surface area contributed by atoms with E-state index in [0.717, 1.165) is 0 Å². The SMILES string of the molecule is CC(F)(F)c1ncc([B-](F)(F)F)s1.[K+]. The van der Waals surface area contributed by atoms with Gasteiger partial charge in [0.15, 0.2) is 5.01 Å². The summed E-state index contributed by atoms with van der Waals surface area (Å²) in [6.07, 6.45) is 0.442. The summed E-state index contributed by atoms with van der Waals surface area (Å²) < 4.78 is 59.8. The number of thiazole rings is 1. The van der Waals surface area contributed by atoms with Gasteiger partial charge < -0.3 is 12.9 Å². The van der Waals surface area contributed by atoms with Gasteiger partial charge in [0.2, 0.25) is 0 Å². The minimum Gasteiger partial charge on any atom is -0.444 e. The average molecular weight is 255 g/mol. The first-order chi connectivity index (χ1) is 5.71. The number of alkyl halides is 2. The summed E-state index contributed by atoms with van der Waals surface area (Å²) >= 11 is -0.0116. The molecule has 0 saturated carbocycles. The van der Waals surface area contributed by atoms with Gasteiger partial charge in [-0.3, -0.25) is 0 Å². The largest absolute Gasteiger partial charge is 1.00 e. The Labute approximate surface area is 124 Å². The third-order valence-corrected chi connectivity index (χ3v) is 2.49. The first-order valence-electron chi connectivity index (χ1n) is 3.25. The Kier molecular flexibility index (Phi) is 5.22. The molecule has 1 heterocycles. The summed E-state index contributed by atoms with van der Waals surface area (Å²) in [5.41, 5.74) is 0. The number of hydrogen-bond acceptors (Lipinski definition) is 2. The van der Waals surface area contributed by atoms with E-state index in [1.54, 1.807) is 0 Å². The van der Waals surface area contributed by atoms with Crippen LogP contribution >= 0.6 is 11.3 Å². The molecular weight excluding hydrogens is 251 g/mol. The zero-order valence-corrected chi connectivity index (χ0v) is 11.3. The van der Waals surface area contributed by atoms with Gasteiger partial charge in [-0.15, -0.1) is 0 Å². The maximum absolute atomic E-state index is 12.4. The van der Waals surface area contributed by atoms with E-state index in [4.69, 9.17) is 0 Å². The van der Waals surface area contributed by atoms with E-state index in [-0.39, 0.29) is 62.7 Å². The van der Waals surface area contributed by atoms with E-state index in [9.17, 15) is 21.7 Å². The van der Waals surface area contributed by atoms with Gasteiger partial charge in [-0.25, -0.2) is 4.98 Å². The Morgan fingerprint density at radius 1 is 1.36 bits per heavy atom. The van der Waals surface area contributed by atoms with Crippen molar-refractivity contribution in [1.82, 2.24) is 4.98 Å². The van der Waals surface area contributed by atoms with Gasteiger partial charge in [0, 0.05) is 13.1 Å². The molecule has 0 aliphatic rings. The van der Waals surface area contributed by atoms with Crippen molar-refractivity contribution in [2.45, 2.75) is 12.8 Å². The normalized spacial score (nSPS) is 12.4. The van der Waals surface area contributed by atoms with Crippen molar-refractivity contribution in [3.63, 3.8) is 0 Å². The van der Waals surface area contributed by atoms with Crippen LogP contribution in [0.25, 0.3) is 0 Å². The van der Waals surface area contributed by atoms with Gasteiger partial charge in [0.1, 0.15) is 0 Å². The summed E-state index contributed by atoms with van der Waals surface area (Å²) in [7, 11) is 0. The molecule has 0 aliphatic carbocycles. The van der Waals surface area contributed by atoms with Crippen LogP contribution in [0.4, 0.5) is 21.7 Å². The molecule has 14 heavy (non-hydrogen) atoms. The van der Waals surface area contributed by atoms with Crippen LogP contribution in [-0.4, -0.2) is 12.0 Å². The molecule has 1 aromatic heterocycles. The van der Waals surface area contributed by atoms with Crippen LogP contribution in [0.1, 0.15) is 11.9 Å². The average Bonchev–Trinajstić information content (AvgIpc) is 2.28. The number of rotatable bonds is 2. The molecule has 0 aromatic carbocycles. The van der Waals surface area contributed by atoms with Crippen LogP contribution in [0.15, 0.2) is 6.20 Å². The fourth-order valence-corrected chi connectivity index (χ4v) is 1.39. The molecule has 0 fully saturated rings. The third kappa shape index (κ3) is 3.86. The molecule has 1 aromatic rings. The third-order valence-electron chi connectivity index (χ3n) is 1.22. The van der Waals surface area contributed by atoms with Crippen LogP contribution in [0, 0.1) is 0 Å². The van der Waals surface area contributed by atoms with Crippen molar-refractivity contribution in [3.8, 4) is 0 Å². The van der Waals surface area contributed by atoms with Crippen molar-refractivity contribution in [1.29, 1.82) is 0 Å². The van der Waals surface area contributed by atoms with Crippen LogP contribution in [0.2, 0.25) is 0 Å². The second-order valence-electron chi connectivity index (χ2n) is 2.53. The maximum atomic E-state index is 12.4. The van der Waals surface area contributed by atoms with Crippen molar-refractivity contribution < 1.29 is 73.1 Å². The molecule has 1 nitrogen and oxygen atoms in total. The molecule has 0 amide bonds. The van der Waals surface area contributed by atoms with E-state index in [1.807, 2.05) is 0 Å². The van der Waals surface area contributed by atoms with Crippen LogP contribution in [-0.2, 0) is 5.92 Å². The molecule has 0 saturated heterocycles. The van der Waals surface area contributed by atoms with Gasteiger partial charge in [0.25, 0.3) is 5.92 Å². The Balaban J connectivity index is 0.00000169. The maximum Gasteiger partial charge on any atom is 1.00 e. The van der Waals surface area contributed by atoms with E-state index in [0.29, 0.717) is 13.1 Å². The summed E-state index contributed by atoms with van der Waals surface area (Å²) in [5.74, 6) is -3.30. The molecule has 0 radical (unpaired) electrons. The fourth-order valence-electron chi connectivity index (χ4n) is 0.641. The summed E-state index contributed by atoms with van der Waals surface area (Å²) in [4.78, 5) is 3.02. The molecule has 9 heteroatoms. The molecule has 0 aliphatic heterocycles. The Morgan fingerprint density at radius 3 is 2.07 bits per heavy atom. The van der Waals surface area contributed by atoms with E-state index >= 15 is 0 Å². The Morgan fingerprint density at radius 2 is 1.86 bits per heavy atom.